The first-order chi connectivity index (χ1) is 40.3. The van der Waals surface area contributed by atoms with Crippen LogP contribution in [0.4, 0.5) is 0 Å². The fourth-order valence-corrected chi connectivity index (χ4v) is 17.7. The number of rotatable bonds is 9. The Balaban J connectivity index is 0.00000614. The van der Waals surface area contributed by atoms with Gasteiger partial charge in [-0.2, -0.15) is 16.7 Å². The van der Waals surface area contributed by atoms with Gasteiger partial charge in [0.1, 0.15) is 11.5 Å². The van der Waals surface area contributed by atoms with Crippen molar-refractivity contribution in [3.63, 3.8) is 0 Å². The van der Waals surface area contributed by atoms with E-state index in [9.17, 15) is 0 Å². The maximum atomic E-state index is 6.84. The smallest absolute Gasteiger partial charge is 0.253 e. The zero-order valence-corrected chi connectivity index (χ0v) is 49.3. The fraction of sp³-hybridized carbons (Fsp3) is 0.0526. The van der Waals surface area contributed by atoms with E-state index in [0.717, 1.165) is 83.4 Å². The van der Waals surface area contributed by atoms with Crippen molar-refractivity contribution in [2.75, 3.05) is 0 Å². The Bertz CT molecular complexity index is 4680. The fourth-order valence-electron chi connectivity index (χ4n) is 12.9. The second-order valence-corrected chi connectivity index (χ2v) is 26.2. The molecule has 11 aromatic carbocycles. The molecule has 0 fully saturated rings. The van der Waals surface area contributed by atoms with Crippen LogP contribution in [0.3, 0.4) is 0 Å². The number of pyridine rings is 1. The molecule has 15 rings (SSSR count). The Hall–Kier alpha value is -9.45. The summed E-state index contributed by atoms with van der Waals surface area (Å²) in [7, 11) is -2.89. The number of hydrogen-bond acceptors (Lipinski definition) is 2. The predicted molar refractivity (Wildman–Crippen MR) is 339 cm³/mol. The summed E-state index contributed by atoms with van der Waals surface area (Å²) in [5.41, 5.74) is 16.4. The second kappa shape index (κ2) is 20.8. The average Bonchev–Trinajstić information content (AvgIpc) is 3.87. The number of imidazole rings is 1. The van der Waals surface area contributed by atoms with E-state index in [1.165, 1.54) is 37.4 Å². The molecule has 14 aromatic rings. The molecule has 7 heteroatoms. The summed E-state index contributed by atoms with van der Waals surface area (Å²) < 4.78 is 13.8. The largest absolute Gasteiger partial charge is 0.509 e. The van der Waals surface area contributed by atoms with Crippen LogP contribution in [0.5, 0.6) is 11.5 Å². The van der Waals surface area contributed by atoms with Crippen molar-refractivity contribution in [3.8, 4) is 73.2 Å². The van der Waals surface area contributed by atoms with Crippen LogP contribution in [0, 0.1) is 12.1 Å². The first kappa shape index (κ1) is 51.7. The van der Waals surface area contributed by atoms with Gasteiger partial charge >= 0.3 is 0 Å². The van der Waals surface area contributed by atoms with Crippen LogP contribution in [0.15, 0.2) is 279 Å². The molecule has 1 aliphatic heterocycles. The summed E-state index contributed by atoms with van der Waals surface area (Å²) in [6, 6.07) is 105. The molecule has 0 saturated heterocycles. The van der Waals surface area contributed by atoms with Crippen LogP contribution in [0.1, 0.15) is 26.3 Å². The molecule has 0 unspecified atom stereocenters. The summed E-state index contributed by atoms with van der Waals surface area (Å²) in [6.45, 7) is 6.70. The van der Waals surface area contributed by atoms with Gasteiger partial charge in [-0.1, -0.05) is 239 Å². The van der Waals surface area contributed by atoms with Crippen LogP contribution in [0.25, 0.3) is 94.5 Å². The van der Waals surface area contributed by atoms with E-state index in [0.29, 0.717) is 11.5 Å². The van der Waals surface area contributed by atoms with Gasteiger partial charge < -0.3 is 9.30 Å². The van der Waals surface area contributed by atoms with Gasteiger partial charge in [-0.05, 0) is 95.3 Å². The van der Waals surface area contributed by atoms with Crippen molar-refractivity contribution in [2.24, 2.45) is 0 Å². The topological polar surface area (TPSA) is 35.9 Å². The number of fused-ring (bicyclic) bond motifs is 10. The average molecular weight is 1260 g/mol. The van der Waals surface area contributed by atoms with E-state index < -0.39 is 8.07 Å². The van der Waals surface area contributed by atoms with Crippen molar-refractivity contribution < 1.29 is 30.4 Å². The van der Waals surface area contributed by atoms with Crippen molar-refractivity contribution in [1.82, 2.24) is 14.1 Å². The number of hydrogen-bond donors (Lipinski definition) is 0. The molecule has 0 saturated carbocycles. The molecule has 0 atom stereocenters. The Labute approximate surface area is 499 Å². The van der Waals surface area contributed by atoms with Gasteiger partial charge in [-0.15, -0.1) is 29.7 Å². The Kier molecular flexibility index (Phi) is 13.0. The Morgan fingerprint density at radius 3 is 1.66 bits per heavy atom. The normalized spacial score (nSPS) is 11.9. The Morgan fingerprint density at radius 1 is 0.446 bits per heavy atom. The molecule has 0 N–H and O–H groups in total. The van der Waals surface area contributed by atoms with E-state index in [4.69, 9.17) is 9.72 Å². The SMILES string of the molecule is CC(C)(C)c1ccnc(-n2c3[c-]c(Oc4[c-]c(-n5c[n+]6c7c(cccc75)-c5ccccc5-c5ccccc5-c5cccc(-c7cccc([Si](c8ccccc8)(c8ccccc8)c8ccccc8)c7)c5-6)ccc4)ccc3c3ccccc32)c1.[Pt]. The maximum Gasteiger partial charge on any atom is 0.253 e. The third kappa shape index (κ3) is 8.63. The zero-order chi connectivity index (χ0) is 54.9. The van der Waals surface area contributed by atoms with Crippen molar-refractivity contribution >= 4 is 61.7 Å². The van der Waals surface area contributed by atoms with Crippen LogP contribution in [0.2, 0.25) is 0 Å². The first-order valence-corrected chi connectivity index (χ1v) is 30.1. The zero-order valence-electron chi connectivity index (χ0n) is 46.1. The molecule has 400 valence electrons. The molecule has 0 amide bonds. The van der Waals surface area contributed by atoms with E-state index in [1.54, 1.807) is 0 Å². The quantitative estimate of drug-likeness (QED) is 0.0625. The number of ether oxygens (including phenoxy) is 1. The van der Waals surface area contributed by atoms with Crippen LogP contribution < -0.4 is 30.1 Å². The van der Waals surface area contributed by atoms with E-state index in [-0.39, 0.29) is 26.5 Å². The monoisotopic (exact) mass is 1260 g/mol. The summed E-state index contributed by atoms with van der Waals surface area (Å²) in [6.07, 6.45) is 4.17. The molecular formula is C76H55N4OPtSi-. The molecule has 5 nitrogen and oxygen atoms in total. The van der Waals surface area contributed by atoms with E-state index in [1.807, 2.05) is 18.3 Å². The van der Waals surface area contributed by atoms with Crippen molar-refractivity contribution in [3.05, 3.63) is 297 Å². The minimum Gasteiger partial charge on any atom is -0.509 e. The number of nitrogens with zero attached hydrogens (tertiary/aromatic N) is 4. The van der Waals surface area contributed by atoms with Crippen molar-refractivity contribution in [2.45, 2.75) is 26.2 Å². The molecule has 0 aliphatic carbocycles. The van der Waals surface area contributed by atoms with Gasteiger partial charge in [0.05, 0.1) is 0 Å². The van der Waals surface area contributed by atoms with Crippen molar-refractivity contribution in [1.29, 1.82) is 0 Å². The third-order valence-electron chi connectivity index (χ3n) is 16.6. The van der Waals surface area contributed by atoms with Crippen LogP contribution in [-0.2, 0) is 26.5 Å². The van der Waals surface area contributed by atoms with Gasteiger partial charge in [0.15, 0.2) is 19.1 Å². The predicted octanol–water partition coefficient (Wildman–Crippen LogP) is 15.4. The molecule has 0 radical (unpaired) electrons. The molecule has 0 bridgehead atoms. The molecule has 4 heterocycles. The second-order valence-electron chi connectivity index (χ2n) is 22.3. The minimum atomic E-state index is -2.89. The van der Waals surface area contributed by atoms with Crippen LogP contribution >= 0.6 is 0 Å². The summed E-state index contributed by atoms with van der Waals surface area (Å²) in [5.74, 6) is 2.01. The molecule has 3 aromatic heterocycles. The molecular weight excluding hydrogens is 1210 g/mol. The van der Waals surface area contributed by atoms with Gasteiger partial charge in [0.2, 0.25) is 0 Å². The van der Waals surface area contributed by atoms with Gasteiger partial charge in [0.25, 0.3) is 6.33 Å². The Morgan fingerprint density at radius 2 is 0.976 bits per heavy atom. The number of para-hydroxylation sites is 3. The summed E-state index contributed by atoms with van der Waals surface area (Å²) in [5, 5.41) is 7.53. The minimum absolute atomic E-state index is 0. The van der Waals surface area contributed by atoms with E-state index >= 15 is 0 Å². The number of aromatic nitrogens is 4. The van der Waals surface area contributed by atoms with Gasteiger partial charge in [0, 0.05) is 66.7 Å². The molecule has 1 aliphatic rings. The summed E-state index contributed by atoms with van der Waals surface area (Å²) in [4.78, 5) is 4.92. The summed E-state index contributed by atoms with van der Waals surface area (Å²) >= 11 is 0. The number of benzene rings is 11. The third-order valence-corrected chi connectivity index (χ3v) is 21.4. The first-order valence-electron chi connectivity index (χ1n) is 28.1. The van der Waals surface area contributed by atoms with Gasteiger partial charge in [-0.25, -0.2) is 9.55 Å². The molecule has 0 spiro atoms. The van der Waals surface area contributed by atoms with Crippen LogP contribution in [-0.4, -0.2) is 22.2 Å². The maximum absolute atomic E-state index is 6.84. The van der Waals surface area contributed by atoms with E-state index in [2.05, 4.69) is 308 Å². The standard InChI is InChI=1S/C76H55N4OSi.Pt/c1-76(2,3)53-45-46-77-73(48-53)80-70-41-18-17-37-66(70)67-44-43-56(50-72(67)80)81-55-25-20-24-54(49-55)78-51-79-74-61(38-21-39-68(74)64-35-15-13-33-62(64)63-34-14-16-36-65(63)69-40-22-42-71(78)75(69)79)52-23-19-32-60(47-52)82(57-26-7-4-8-27-57,58-28-9-5-10-29-58)59-30-11-6-12-31-59;/h4-48,51H,1-3H3;/q-1;. The van der Waals surface area contributed by atoms with Gasteiger partial charge in [-0.3, -0.25) is 0 Å². The molecule has 83 heavy (non-hydrogen) atoms.